The van der Waals surface area contributed by atoms with E-state index >= 15 is 0 Å². The molecular weight excluding hydrogens is 150 g/mol. The Bertz CT molecular complexity index is 180. The largest absolute Gasteiger partial charge is 0.396 e. The summed E-state index contributed by atoms with van der Waals surface area (Å²) in [5, 5.41) is 8.97. The minimum atomic E-state index is 0.329. The SMILES string of the molecule is CC#CCN1CCCC(CO)C1. The van der Waals surface area contributed by atoms with Crippen LogP contribution in [0, 0.1) is 17.8 Å². The predicted octanol–water partition coefficient (Wildman–Crippen LogP) is 0.714. The summed E-state index contributed by atoms with van der Waals surface area (Å²) >= 11 is 0. The lowest BCUT2D eigenvalue weighted by Crippen LogP contribution is -2.36. The van der Waals surface area contributed by atoms with Crippen molar-refractivity contribution in [2.75, 3.05) is 26.2 Å². The Morgan fingerprint density at radius 1 is 1.58 bits per heavy atom. The summed E-state index contributed by atoms with van der Waals surface area (Å²) in [6.07, 6.45) is 2.38. The number of nitrogens with zero attached hydrogens (tertiary/aromatic N) is 1. The van der Waals surface area contributed by atoms with E-state index in [1.165, 1.54) is 12.8 Å². The summed E-state index contributed by atoms with van der Waals surface area (Å²) in [6.45, 7) is 5.23. The highest BCUT2D eigenvalue weighted by atomic mass is 16.3. The Balaban J connectivity index is 2.28. The first-order valence-electron chi connectivity index (χ1n) is 4.59. The number of likely N-dealkylation sites (tertiary alicyclic amines) is 1. The zero-order valence-electron chi connectivity index (χ0n) is 7.71. The van der Waals surface area contributed by atoms with Gasteiger partial charge in [-0.05, 0) is 32.2 Å². The van der Waals surface area contributed by atoms with E-state index in [0.717, 1.165) is 19.6 Å². The van der Waals surface area contributed by atoms with Crippen molar-refractivity contribution >= 4 is 0 Å². The van der Waals surface area contributed by atoms with Crippen LogP contribution in [0.2, 0.25) is 0 Å². The topological polar surface area (TPSA) is 23.5 Å². The van der Waals surface area contributed by atoms with Gasteiger partial charge in [-0.2, -0.15) is 0 Å². The molecule has 0 aromatic heterocycles. The van der Waals surface area contributed by atoms with Crippen LogP contribution in [-0.4, -0.2) is 36.2 Å². The van der Waals surface area contributed by atoms with Gasteiger partial charge < -0.3 is 5.11 Å². The van der Waals surface area contributed by atoms with E-state index in [0.29, 0.717) is 12.5 Å². The van der Waals surface area contributed by atoms with Crippen LogP contribution in [0.1, 0.15) is 19.8 Å². The molecule has 0 spiro atoms. The molecule has 2 nitrogen and oxygen atoms in total. The van der Waals surface area contributed by atoms with Gasteiger partial charge in [-0.15, -0.1) is 5.92 Å². The predicted molar refractivity (Wildman–Crippen MR) is 49.7 cm³/mol. The fourth-order valence-corrected chi connectivity index (χ4v) is 1.63. The molecule has 1 fully saturated rings. The van der Waals surface area contributed by atoms with Crippen LogP contribution >= 0.6 is 0 Å². The van der Waals surface area contributed by atoms with E-state index in [4.69, 9.17) is 5.11 Å². The maximum absolute atomic E-state index is 8.97. The van der Waals surface area contributed by atoms with Crippen LogP contribution in [0.3, 0.4) is 0 Å². The minimum Gasteiger partial charge on any atom is -0.396 e. The van der Waals surface area contributed by atoms with Crippen LogP contribution < -0.4 is 0 Å². The molecule has 1 aliphatic heterocycles. The van der Waals surface area contributed by atoms with Gasteiger partial charge in [0.1, 0.15) is 0 Å². The van der Waals surface area contributed by atoms with Gasteiger partial charge in [-0.1, -0.05) is 5.92 Å². The molecule has 2 heteroatoms. The first kappa shape index (κ1) is 9.57. The fraction of sp³-hybridized carbons (Fsp3) is 0.800. The van der Waals surface area contributed by atoms with Gasteiger partial charge in [0.15, 0.2) is 0 Å². The second-order valence-electron chi connectivity index (χ2n) is 3.35. The van der Waals surface area contributed by atoms with Crippen LogP contribution in [-0.2, 0) is 0 Å². The van der Waals surface area contributed by atoms with Crippen molar-refractivity contribution < 1.29 is 5.11 Å². The molecular formula is C10H17NO. The second kappa shape index (κ2) is 5.18. The van der Waals surface area contributed by atoms with Crippen LogP contribution in [0.25, 0.3) is 0 Å². The zero-order valence-corrected chi connectivity index (χ0v) is 7.71. The standard InChI is InChI=1S/C10H17NO/c1-2-3-6-11-7-4-5-10(8-11)9-12/h10,12H,4-9H2,1H3. The highest BCUT2D eigenvalue weighted by Crippen LogP contribution is 2.14. The van der Waals surface area contributed by atoms with Crippen molar-refractivity contribution in [3.8, 4) is 11.8 Å². The van der Waals surface area contributed by atoms with E-state index in [1.807, 2.05) is 6.92 Å². The molecule has 1 rings (SSSR count). The number of aliphatic hydroxyl groups is 1. The van der Waals surface area contributed by atoms with Crippen molar-refractivity contribution in [2.24, 2.45) is 5.92 Å². The Morgan fingerprint density at radius 2 is 2.42 bits per heavy atom. The Morgan fingerprint density at radius 3 is 3.08 bits per heavy atom. The lowest BCUT2D eigenvalue weighted by atomic mass is 9.99. The molecule has 1 unspecified atom stereocenters. The summed E-state index contributed by atoms with van der Waals surface area (Å²) in [7, 11) is 0. The number of aliphatic hydroxyl groups excluding tert-OH is 1. The summed E-state index contributed by atoms with van der Waals surface area (Å²) in [6, 6.07) is 0. The van der Waals surface area contributed by atoms with E-state index in [2.05, 4.69) is 16.7 Å². The molecule has 1 saturated heterocycles. The molecule has 1 aliphatic rings. The Hall–Kier alpha value is -0.520. The Kier molecular flexibility index (Phi) is 4.13. The lowest BCUT2D eigenvalue weighted by Gasteiger charge is -2.30. The van der Waals surface area contributed by atoms with Crippen molar-refractivity contribution in [1.82, 2.24) is 4.90 Å². The average Bonchev–Trinajstić information content (AvgIpc) is 2.15. The quantitative estimate of drug-likeness (QED) is 0.612. The molecule has 12 heavy (non-hydrogen) atoms. The van der Waals surface area contributed by atoms with Gasteiger partial charge in [-0.3, -0.25) is 4.90 Å². The molecule has 1 N–H and O–H groups in total. The molecule has 1 heterocycles. The molecule has 1 atom stereocenters. The number of rotatable bonds is 2. The third kappa shape index (κ3) is 2.84. The number of piperidine rings is 1. The lowest BCUT2D eigenvalue weighted by molar-refractivity contribution is 0.130. The third-order valence-corrected chi connectivity index (χ3v) is 2.34. The highest BCUT2D eigenvalue weighted by molar-refractivity contribution is 4.98. The summed E-state index contributed by atoms with van der Waals surface area (Å²) in [5.74, 6) is 6.43. The molecule has 0 aromatic rings. The molecule has 0 aliphatic carbocycles. The van der Waals surface area contributed by atoms with Gasteiger partial charge in [0.2, 0.25) is 0 Å². The van der Waals surface area contributed by atoms with Gasteiger partial charge in [0.25, 0.3) is 0 Å². The van der Waals surface area contributed by atoms with Crippen LogP contribution in [0.4, 0.5) is 0 Å². The molecule has 68 valence electrons. The van der Waals surface area contributed by atoms with Crippen LogP contribution in [0.15, 0.2) is 0 Å². The van der Waals surface area contributed by atoms with E-state index < -0.39 is 0 Å². The summed E-state index contributed by atoms with van der Waals surface area (Å²) < 4.78 is 0. The van der Waals surface area contributed by atoms with E-state index in [1.54, 1.807) is 0 Å². The summed E-state index contributed by atoms with van der Waals surface area (Å²) in [5.41, 5.74) is 0. The monoisotopic (exact) mass is 167 g/mol. The second-order valence-corrected chi connectivity index (χ2v) is 3.35. The maximum atomic E-state index is 8.97. The molecule has 0 bridgehead atoms. The number of hydrogen-bond acceptors (Lipinski definition) is 2. The van der Waals surface area contributed by atoms with E-state index in [9.17, 15) is 0 Å². The van der Waals surface area contributed by atoms with Gasteiger partial charge in [-0.25, -0.2) is 0 Å². The molecule has 0 aromatic carbocycles. The van der Waals surface area contributed by atoms with Crippen molar-refractivity contribution in [2.45, 2.75) is 19.8 Å². The molecule has 0 radical (unpaired) electrons. The normalized spacial score (nSPS) is 24.7. The molecule has 0 saturated carbocycles. The first-order valence-corrected chi connectivity index (χ1v) is 4.59. The van der Waals surface area contributed by atoms with Crippen molar-refractivity contribution in [3.63, 3.8) is 0 Å². The average molecular weight is 167 g/mol. The third-order valence-electron chi connectivity index (χ3n) is 2.34. The maximum Gasteiger partial charge on any atom is 0.0601 e. The van der Waals surface area contributed by atoms with Gasteiger partial charge in [0, 0.05) is 13.2 Å². The number of hydrogen-bond donors (Lipinski definition) is 1. The van der Waals surface area contributed by atoms with Gasteiger partial charge >= 0.3 is 0 Å². The fourth-order valence-electron chi connectivity index (χ4n) is 1.63. The van der Waals surface area contributed by atoms with Gasteiger partial charge in [0.05, 0.1) is 6.54 Å². The van der Waals surface area contributed by atoms with Crippen LogP contribution in [0.5, 0.6) is 0 Å². The minimum absolute atomic E-state index is 0.329. The zero-order chi connectivity index (χ0) is 8.81. The smallest absolute Gasteiger partial charge is 0.0601 e. The molecule has 0 amide bonds. The van der Waals surface area contributed by atoms with Crippen molar-refractivity contribution in [1.29, 1.82) is 0 Å². The van der Waals surface area contributed by atoms with E-state index in [-0.39, 0.29) is 0 Å². The Labute approximate surface area is 74.6 Å². The highest BCUT2D eigenvalue weighted by Gasteiger charge is 2.17. The first-order chi connectivity index (χ1) is 5.86. The van der Waals surface area contributed by atoms with Crippen molar-refractivity contribution in [3.05, 3.63) is 0 Å². The summed E-state index contributed by atoms with van der Waals surface area (Å²) in [4.78, 5) is 2.32.